The van der Waals surface area contributed by atoms with Gasteiger partial charge in [-0.2, -0.15) is 13.2 Å². The Morgan fingerprint density at radius 2 is 1.96 bits per heavy atom. The number of halogens is 3. The number of hydrogen-bond donors (Lipinski definition) is 1. The summed E-state index contributed by atoms with van der Waals surface area (Å²) in [5.74, 6) is 0.884. The van der Waals surface area contributed by atoms with E-state index in [4.69, 9.17) is 5.11 Å². The van der Waals surface area contributed by atoms with E-state index in [9.17, 15) is 18.0 Å². The fraction of sp³-hybridized carbons (Fsp3) is 0.611. The summed E-state index contributed by atoms with van der Waals surface area (Å²) < 4.78 is 39.6. The SMILES string of the molecule is CCC1CCC(c2ccc(CCC=O)c(C(F)(F)F)c2)C1.CO. The Balaban J connectivity index is 0.00000127. The lowest BCUT2D eigenvalue weighted by atomic mass is 9.91. The van der Waals surface area contributed by atoms with Crippen molar-refractivity contribution in [2.24, 2.45) is 5.92 Å². The van der Waals surface area contributed by atoms with Crippen LogP contribution in [-0.4, -0.2) is 18.5 Å². The van der Waals surface area contributed by atoms with Gasteiger partial charge >= 0.3 is 6.18 Å². The number of carbonyl (C=O) groups excluding carboxylic acids is 1. The molecule has 1 fully saturated rings. The molecule has 0 aromatic heterocycles. The molecular weight excluding hydrogens is 305 g/mol. The zero-order valence-electron chi connectivity index (χ0n) is 13.7. The highest BCUT2D eigenvalue weighted by atomic mass is 19.4. The Kier molecular flexibility index (Phi) is 7.76. The predicted octanol–water partition coefficient (Wildman–Crippen LogP) is 4.74. The maximum atomic E-state index is 13.2. The number of benzene rings is 1. The lowest BCUT2D eigenvalue weighted by Crippen LogP contribution is -2.11. The van der Waals surface area contributed by atoms with E-state index in [0.717, 1.165) is 38.4 Å². The largest absolute Gasteiger partial charge is 0.416 e. The van der Waals surface area contributed by atoms with Crippen LogP contribution in [0.2, 0.25) is 0 Å². The molecule has 1 N–H and O–H groups in total. The van der Waals surface area contributed by atoms with Gasteiger partial charge in [-0.05, 0) is 54.7 Å². The first kappa shape index (κ1) is 19.7. The Morgan fingerprint density at radius 1 is 1.26 bits per heavy atom. The summed E-state index contributed by atoms with van der Waals surface area (Å²) in [6.07, 6.45) is 0.763. The minimum atomic E-state index is -4.35. The van der Waals surface area contributed by atoms with Crippen molar-refractivity contribution in [3.63, 3.8) is 0 Å². The maximum Gasteiger partial charge on any atom is 0.416 e. The smallest absolute Gasteiger partial charge is 0.400 e. The van der Waals surface area contributed by atoms with Gasteiger partial charge in [0.25, 0.3) is 0 Å². The Morgan fingerprint density at radius 3 is 2.48 bits per heavy atom. The number of aliphatic hydroxyl groups is 1. The van der Waals surface area contributed by atoms with E-state index in [-0.39, 0.29) is 24.3 Å². The summed E-state index contributed by atoms with van der Waals surface area (Å²) in [6, 6.07) is 4.68. The summed E-state index contributed by atoms with van der Waals surface area (Å²) in [7, 11) is 1.00. The quantitative estimate of drug-likeness (QED) is 0.792. The van der Waals surface area contributed by atoms with E-state index < -0.39 is 11.7 Å². The predicted molar refractivity (Wildman–Crippen MR) is 84.3 cm³/mol. The van der Waals surface area contributed by atoms with Crippen LogP contribution in [0.25, 0.3) is 0 Å². The fourth-order valence-electron chi connectivity index (χ4n) is 3.29. The third-order valence-electron chi connectivity index (χ3n) is 4.56. The molecular formula is C18H25F3O2. The van der Waals surface area contributed by atoms with Gasteiger partial charge in [0.15, 0.2) is 0 Å². The highest BCUT2D eigenvalue weighted by Gasteiger charge is 2.34. The van der Waals surface area contributed by atoms with Crippen molar-refractivity contribution in [2.75, 3.05) is 7.11 Å². The molecule has 5 heteroatoms. The van der Waals surface area contributed by atoms with Gasteiger partial charge in [-0.15, -0.1) is 0 Å². The van der Waals surface area contributed by atoms with Crippen LogP contribution in [0.5, 0.6) is 0 Å². The molecule has 1 aliphatic carbocycles. The zero-order chi connectivity index (χ0) is 17.5. The van der Waals surface area contributed by atoms with Crippen LogP contribution in [0.4, 0.5) is 13.2 Å². The van der Waals surface area contributed by atoms with Gasteiger partial charge in [0.05, 0.1) is 5.56 Å². The van der Waals surface area contributed by atoms with E-state index in [1.54, 1.807) is 6.07 Å². The molecule has 1 aromatic carbocycles. The molecule has 1 aliphatic rings. The number of carbonyl (C=O) groups is 1. The van der Waals surface area contributed by atoms with Crippen molar-refractivity contribution >= 4 is 6.29 Å². The topological polar surface area (TPSA) is 37.3 Å². The van der Waals surface area contributed by atoms with E-state index in [0.29, 0.717) is 12.2 Å². The fourth-order valence-corrected chi connectivity index (χ4v) is 3.29. The molecule has 1 saturated carbocycles. The van der Waals surface area contributed by atoms with Gasteiger partial charge in [0.1, 0.15) is 6.29 Å². The van der Waals surface area contributed by atoms with Crippen molar-refractivity contribution in [3.8, 4) is 0 Å². The summed E-state index contributed by atoms with van der Waals surface area (Å²) in [6.45, 7) is 2.14. The zero-order valence-corrected chi connectivity index (χ0v) is 13.7. The Bertz CT molecular complexity index is 498. The van der Waals surface area contributed by atoms with Crippen LogP contribution < -0.4 is 0 Å². The monoisotopic (exact) mass is 330 g/mol. The molecule has 0 spiro atoms. The molecule has 2 rings (SSSR count). The van der Waals surface area contributed by atoms with E-state index in [1.807, 2.05) is 6.07 Å². The minimum Gasteiger partial charge on any atom is -0.400 e. The second kappa shape index (κ2) is 9.06. The second-order valence-corrected chi connectivity index (χ2v) is 5.90. The maximum absolute atomic E-state index is 13.2. The number of aldehydes is 1. The van der Waals surface area contributed by atoms with E-state index in [2.05, 4.69) is 6.92 Å². The molecule has 0 aliphatic heterocycles. The highest BCUT2D eigenvalue weighted by molar-refractivity contribution is 5.50. The molecule has 0 heterocycles. The number of alkyl halides is 3. The standard InChI is InChI=1S/C17H21F3O.CH4O/c1-2-12-5-6-14(10-12)15-8-7-13(4-3-9-21)16(11-15)17(18,19)20;1-2/h7-9,11-12,14H,2-6,10H2,1H3;2H,1H3. The first-order valence-corrected chi connectivity index (χ1v) is 8.04. The number of hydrogen-bond acceptors (Lipinski definition) is 2. The summed E-state index contributed by atoms with van der Waals surface area (Å²) in [5, 5.41) is 7.00. The average molecular weight is 330 g/mol. The van der Waals surface area contributed by atoms with Crippen molar-refractivity contribution in [1.29, 1.82) is 0 Å². The molecule has 0 bridgehead atoms. The first-order chi connectivity index (χ1) is 11.0. The lowest BCUT2D eigenvalue weighted by molar-refractivity contribution is -0.138. The van der Waals surface area contributed by atoms with Crippen LogP contribution in [0, 0.1) is 5.92 Å². The number of aliphatic hydroxyl groups excluding tert-OH is 1. The summed E-state index contributed by atoms with van der Waals surface area (Å²) in [5.41, 5.74) is 0.457. The second-order valence-electron chi connectivity index (χ2n) is 5.90. The van der Waals surface area contributed by atoms with E-state index in [1.165, 1.54) is 6.07 Å². The normalized spacial score (nSPS) is 20.8. The van der Waals surface area contributed by atoms with Crippen LogP contribution in [0.1, 0.15) is 61.6 Å². The van der Waals surface area contributed by atoms with Gasteiger partial charge < -0.3 is 9.90 Å². The van der Waals surface area contributed by atoms with Gasteiger partial charge in [-0.25, -0.2) is 0 Å². The average Bonchev–Trinajstić information content (AvgIpc) is 3.03. The molecule has 23 heavy (non-hydrogen) atoms. The van der Waals surface area contributed by atoms with Crippen LogP contribution >= 0.6 is 0 Å². The first-order valence-electron chi connectivity index (χ1n) is 8.04. The van der Waals surface area contributed by atoms with Gasteiger partial charge in [-0.1, -0.05) is 25.5 Å². The highest BCUT2D eigenvalue weighted by Crippen LogP contribution is 2.42. The van der Waals surface area contributed by atoms with Gasteiger partial charge in [-0.3, -0.25) is 0 Å². The summed E-state index contributed by atoms with van der Waals surface area (Å²) in [4.78, 5) is 10.4. The molecule has 0 saturated heterocycles. The number of aryl methyl sites for hydroxylation is 1. The molecule has 2 nitrogen and oxygen atoms in total. The summed E-state index contributed by atoms with van der Waals surface area (Å²) >= 11 is 0. The molecule has 1 aromatic rings. The molecule has 0 radical (unpaired) electrons. The van der Waals surface area contributed by atoms with Crippen LogP contribution in [-0.2, 0) is 17.4 Å². The van der Waals surface area contributed by atoms with Gasteiger partial charge in [0.2, 0.25) is 0 Å². The van der Waals surface area contributed by atoms with Crippen molar-refractivity contribution in [3.05, 3.63) is 34.9 Å². The molecule has 130 valence electrons. The van der Waals surface area contributed by atoms with E-state index >= 15 is 0 Å². The van der Waals surface area contributed by atoms with Gasteiger partial charge in [0, 0.05) is 13.5 Å². The van der Waals surface area contributed by atoms with Crippen LogP contribution in [0.3, 0.4) is 0 Å². The molecule has 2 atom stereocenters. The molecule has 0 amide bonds. The van der Waals surface area contributed by atoms with Crippen molar-refractivity contribution in [1.82, 2.24) is 0 Å². The minimum absolute atomic E-state index is 0.129. The molecule has 2 unspecified atom stereocenters. The lowest BCUT2D eigenvalue weighted by Gasteiger charge is -2.17. The Hall–Kier alpha value is -1.36. The third kappa shape index (κ3) is 5.34. The van der Waals surface area contributed by atoms with Crippen LogP contribution in [0.15, 0.2) is 18.2 Å². The number of rotatable bonds is 5. The third-order valence-corrected chi connectivity index (χ3v) is 4.56. The van der Waals surface area contributed by atoms with Crippen molar-refractivity contribution < 1.29 is 23.1 Å². The van der Waals surface area contributed by atoms with Crippen molar-refractivity contribution in [2.45, 2.75) is 57.5 Å². The Labute approximate surface area is 135 Å².